The standard InChI is InChI=1S/C14H11FO3/c15-9-18-13-7-5-11(6-8-13)10-1-3-12(4-2-10)14(16)17/h1-8H,9H2,(H,16,17). The third-order valence-electron chi connectivity index (χ3n) is 2.54. The van der Waals surface area contributed by atoms with E-state index in [0.717, 1.165) is 11.1 Å². The van der Waals surface area contributed by atoms with Crippen molar-refractivity contribution >= 4 is 5.97 Å². The minimum absolute atomic E-state index is 0.246. The van der Waals surface area contributed by atoms with Crippen molar-refractivity contribution in [1.29, 1.82) is 0 Å². The molecule has 0 aliphatic carbocycles. The van der Waals surface area contributed by atoms with Gasteiger partial charge < -0.3 is 9.84 Å². The lowest BCUT2D eigenvalue weighted by molar-refractivity contribution is 0.0697. The number of hydrogen-bond donors (Lipinski definition) is 1. The van der Waals surface area contributed by atoms with Crippen molar-refractivity contribution in [3.63, 3.8) is 0 Å². The van der Waals surface area contributed by atoms with Crippen LogP contribution in [0.3, 0.4) is 0 Å². The Bertz CT molecular complexity index is 532. The molecule has 0 atom stereocenters. The Morgan fingerprint density at radius 3 is 1.94 bits per heavy atom. The lowest BCUT2D eigenvalue weighted by Crippen LogP contribution is -1.95. The second-order valence-electron chi connectivity index (χ2n) is 3.66. The number of carbonyl (C=O) groups is 1. The summed E-state index contributed by atoms with van der Waals surface area (Å²) in [4.78, 5) is 10.7. The van der Waals surface area contributed by atoms with Gasteiger partial charge in [0, 0.05) is 0 Å². The number of carboxylic acids is 1. The minimum Gasteiger partial charge on any atom is -0.478 e. The lowest BCUT2D eigenvalue weighted by atomic mass is 10.0. The molecule has 0 radical (unpaired) electrons. The van der Waals surface area contributed by atoms with E-state index in [1.165, 1.54) is 0 Å². The van der Waals surface area contributed by atoms with Gasteiger partial charge in [-0.1, -0.05) is 24.3 Å². The highest BCUT2D eigenvalue weighted by molar-refractivity contribution is 5.88. The molecule has 3 nitrogen and oxygen atoms in total. The van der Waals surface area contributed by atoms with Gasteiger partial charge in [0.25, 0.3) is 0 Å². The van der Waals surface area contributed by atoms with Crippen molar-refractivity contribution in [2.75, 3.05) is 6.86 Å². The minimum atomic E-state index is -0.951. The van der Waals surface area contributed by atoms with Crippen molar-refractivity contribution in [3.8, 4) is 16.9 Å². The number of hydrogen-bond acceptors (Lipinski definition) is 2. The normalized spacial score (nSPS) is 10.1. The summed E-state index contributed by atoms with van der Waals surface area (Å²) < 4.78 is 16.6. The molecule has 92 valence electrons. The smallest absolute Gasteiger partial charge is 0.335 e. The Balaban J connectivity index is 2.23. The van der Waals surface area contributed by atoms with Crippen LogP contribution in [-0.2, 0) is 0 Å². The van der Waals surface area contributed by atoms with Crippen molar-refractivity contribution < 1.29 is 19.0 Å². The molecule has 2 rings (SSSR count). The van der Waals surface area contributed by atoms with Crippen LogP contribution in [0, 0.1) is 0 Å². The number of halogens is 1. The molecule has 0 bridgehead atoms. The maximum Gasteiger partial charge on any atom is 0.335 e. The first-order valence-electron chi connectivity index (χ1n) is 5.33. The Morgan fingerprint density at radius 1 is 1.00 bits per heavy atom. The van der Waals surface area contributed by atoms with E-state index in [2.05, 4.69) is 0 Å². The Hall–Kier alpha value is -2.36. The van der Waals surface area contributed by atoms with Gasteiger partial charge in [0.1, 0.15) is 5.75 Å². The molecule has 0 unspecified atom stereocenters. The van der Waals surface area contributed by atoms with Crippen LogP contribution in [0.15, 0.2) is 48.5 Å². The zero-order valence-electron chi connectivity index (χ0n) is 9.47. The quantitative estimate of drug-likeness (QED) is 0.899. The molecule has 0 aliphatic rings. The highest BCUT2D eigenvalue weighted by atomic mass is 19.1. The fourth-order valence-electron chi connectivity index (χ4n) is 1.61. The van der Waals surface area contributed by atoms with Gasteiger partial charge in [-0.25, -0.2) is 9.18 Å². The molecule has 0 spiro atoms. The predicted octanol–water partition coefficient (Wildman–Crippen LogP) is 3.36. The van der Waals surface area contributed by atoms with Crippen LogP contribution < -0.4 is 4.74 Å². The fourth-order valence-corrected chi connectivity index (χ4v) is 1.61. The third-order valence-corrected chi connectivity index (χ3v) is 2.54. The van der Waals surface area contributed by atoms with E-state index in [4.69, 9.17) is 9.84 Å². The van der Waals surface area contributed by atoms with E-state index in [1.54, 1.807) is 48.5 Å². The number of ether oxygens (including phenoxy) is 1. The summed E-state index contributed by atoms with van der Waals surface area (Å²) in [6, 6.07) is 13.5. The average Bonchev–Trinajstić information content (AvgIpc) is 2.40. The first-order valence-corrected chi connectivity index (χ1v) is 5.33. The number of benzene rings is 2. The zero-order valence-corrected chi connectivity index (χ0v) is 9.47. The van der Waals surface area contributed by atoms with Crippen LogP contribution >= 0.6 is 0 Å². The maximum absolute atomic E-state index is 11.9. The van der Waals surface area contributed by atoms with Gasteiger partial charge in [-0.15, -0.1) is 0 Å². The Morgan fingerprint density at radius 2 is 1.50 bits per heavy atom. The highest BCUT2D eigenvalue weighted by Crippen LogP contribution is 2.22. The van der Waals surface area contributed by atoms with Crippen LogP contribution in [0.2, 0.25) is 0 Å². The highest BCUT2D eigenvalue weighted by Gasteiger charge is 2.03. The Labute approximate surface area is 103 Å². The molecule has 4 heteroatoms. The van der Waals surface area contributed by atoms with E-state index < -0.39 is 12.8 Å². The van der Waals surface area contributed by atoms with Gasteiger partial charge in [-0.3, -0.25) is 0 Å². The molecule has 18 heavy (non-hydrogen) atoms. The van der Waals surface area contributed by atoms with Crippen LogP contribution in [0.5, 0.6) is 5.75 Å². The van der Waals surface area contributed by atoms with Crippen molar-refractivity contribution in [2.24, 2.45) is 0 Å². The molecule has 0 fully saturated rings. The second-order valence-corrected chi connectivity index (χ2v) is 3.66. The van der Waals surface area contributed by atoms with E-state index in [0.29, 0.717) is 5.75 Å². The SMILES string of the molecule is O=C(O)c1ccc(-c2ccc(OCF)cc2)cc1. The number of aromatic carboxylic acids is 1. The lowest BCUT2D eigenvalue weighted by Gasteiger charge is -2.04. The van der Waals surface area contributed by atoms with Gasteiger partial charge >= 0.3 is 5.97 Å². The third kappa shape index (κ3) is 2.66. The van der Waals surface area contributed by atoms with Crippen molar-refractivity contribution in [3.05, 3.63) is 54.1 Å². The maximum atomic E-state index is 11.9. The molecular formula is C14H11FO3. The largest absolute Gasteiger partial charge is 0.478 e. The van der Waals surface area contributed by atoms with Crippen LogP contribution in [0.25, 0.3) is 11.1 Å². The number of alkyl halides is 1. The number of rotatable bonds is 4. The average molecular weight is 246 g/mol. The van der Waals surface area contributed by atoms with Crippen molar-refractivity contribution in [1.82, 2.24) is 0 Å². The predicted molar refractivity (Wildman–Crippen MR) is 65.4 cm³/mol. The van der Waals surface area contributed by atoms with Gasteiger partial charge in [-0.05, 0) is 35.4 Å². The topological polar surface area (TPSA) is 46.5 Å². The molecule has 2 aromatic carbocycles. The van der Waals surface area contributed by atoms with Crippen LogP contribution in [-0.4, -0.2) is 17.9 Å². The number of carboxylic acid groups (broad SMARTS) is 1. The molecule has 2 aromatic rings. The Kier molecular flexibility index (Phi) is 3.57. The van der Waals surface area contributed by atoms with E-state index >= 15 is 0 Å². The van der Waals surface area contributed by atoms with E-state index in [1.807, 2.05) is 0 Å². The van der Waals surface area contributed by atoms with E-state index in [9.17, 15) is 9.18 Å². The molecule has 0 saturated heterocycles. The van der Waals surface area contributed by atoms with Gasteiger partial charge in [0.2, 0.25) is 6.86 Å². The summed E-state index contributed by atoms with van der Waals surface area (Å²) in [5, 5.41) is 8.79. The molecule has 0 amide bonds. The molecule has 0 aliphatic heterocycles. The summed E-state index contributed by atoms with van der Waals surface area (Å²) in [6.45, 7) is -0.855. The fraction of sp³-hybridized carbons (Fsp3) is 0.0714. The zero-order chi connectivity index (χ0) is 13.0. The first kappa shape index (κ1) is 12.1. The summed E-state index contributed by atoms with van der Waals surface area (Å²) in [5.41, 5.74) is 2.06. The monoisotopic (exact) mass is 246 g/mol. The van der Waals surface area contributed by atoms with Gasteiger partial charge in [0.05, 0.1) is 5.56 Å². The molecule has 0 heterocycles. The molecule has 0 aromatic heterocycles. The summed E-state index contributed by atoms with van der Waals surface area (Å²) in [7, 11) is 0. The van der Waals surface area contributed by atoms with Gasteiger partial charge in [-0.2, -0.15) is 0 Å². The first-order chi connectivity index (χ1) is 8.70. The summed E-state index contributed by atoms with van der Waals surface area (Å²) in [6.07, 6.45) is 0. The van der Waals surface area contributed by atoms with E-state index in [-0.39, 0.29) is 5.56 Å². The van der Waals surface area contributed by atoms with Crippen molar-refractivity contribution in [2.45, 2.75) is 0 Å². The summed E-state index contributed by atoms with van der Waals surface area (Å²) in [5.74, 6) is -0.489. The summed E-state index contributed by atoms with van der Waals surface area (Å²) >= 11 is 0. The van der Waals surface area contributed by atoms with Crippen LogP contribution in [0.4, 0.5) is 4.39 Å². The molecule has 0 saturated carbocycles. The second kappa shape index (κ2) is 5.31. The molecular weight excluding hydrogens is 235 g/mol. The van der Waals surface area contributed by atoms with Crippen LogP contribution in [0.1, 0.15) is 10.4 Å². The van der Waals surface area contributed by atoms with Gasteiger partial charge in [0.15, 0.2) is 0 Å². The molecule has 1 N–H and O–H groups in total.